The monoisotopic (exact) mass is 789 g/mol. The summed E-state index contributed by atoms with van der Waals surface area (Å²) in [6.45, 7) is 4.44. The number of hydrogen-bond donors (Lipinski definition) is 4. The van der Waals surface area contributed by atoms with E-state index in [0.29, 0.717) is 23.9 Å². The second kappa shape index (κ2) is 30.6. The predicted molar refractivity (Wildman–Crippen MR) is 217 cm³/mol. The summed E-state index contributed by atoms with van der Waals surface area (Å²) in [5.74, 6) is -1.12. The highest BCUT2D eigenvalue weighted by Gasteiger charge is 2.39. The number of unbranched alkanes of at least 4 members (excludes halogenated alkanes) is 14. The molecule has 1 fully saturated rings. The van der Waals surface area contributed by atoms with Gasteiger partial charge in [0.05, 0.1) is 58.7 Å². The average Bonchev–Trinajstić information content (AvgIpc) is 3.37. The topological polar surface area (TPSA) is 152 Å². The number of allylic oxidation sites excluding steroid dienone is 2. The molecule has 1 aliphatic rings. The second-order valence-corrected chi connectivity index (χ2v) is 17.5. The fourth-order valence-electron chi connectivity index (χ4n) is 6.49. The maximum atomic E-state index is 12.8. The predicted octanol–water partition coefficient (Wildman–Crippen LogP) is 8.55. The van der Waals surface area contributed by atoms with E-state index in [4.69, 9.17) is 18.5 Å². The molecule has 1 saturated carbocycles. The van der Waals surface area contributed by atoms with Gasteiger partial charge in [0.15, 0.2) is 6.10 Å². The molecular weight excluding hydrogens is 709 g/mol. The molecule has 12 heteroatoms. The number of rotatable bonds is 34. The van der Waals surface area contributed by atoms with Crippen molar-refractivity contribution in [2.75, 3.05) is 47.5 Å². The van der Waals surface area contributed by atoms with E-state index in [1.165, 1.54) is 70.6 Å². The van der Waals surface area contributed by atoms with Crippen LogP contribution in [0.2, 0.25) is 0 Å². The van der Waals surface area contributed by atoms with Crippen molar-refractivity contribution < 1.29 is 52.6 Å². The Bertz CT molecular complexity index is 1080. The summed E-state index contributed by atoms with van der Waals surface area (Å²) in [6.07, 6.45) is 28.2. The van der Waals surface area contributed by atoms with Crippen LogP contribution in [0.3, 0.4) is 0 Å². The van der Waals surface area contributed by atoms with Crippen molar-refractivity contribution in [3.05, 3.63) is 36.6 Å². The lowest BCUT2D eigenvalue weighted by Crippen LogP contribution is -2.37. The summed E-state index contributed by atoms with van der Waals surface area (Å²) in [7, 11) is 1.44. The van der Waals surface area contributed by atoms with Crippen LogP contribution in [0.1, 0.15) is 142 Å². The van der Waals surface area contributed by atoms with E-state index >= 15 is 0 Å². The number of aliphatic hydroxyl groups is 3. The van der Waals surface area contributed by atoms with Crippen molar-refractivity contribution in [1.29, 1.82) is 0 Å². The van der Waals surface area contributed by atoms with Gasteiger partial charge in [0, 0.05) is 12.3 Å². The number of phosphoric acid groups is 1. The highest BCUT2D eigenvalue weighted by atomic mass is 31.2. The number of esters is 1. The summed E-state index contributed by atoms with van der Waals surface area (Å²) < 4.78 is 34.6. The van der Waals surface area contributed by atoms with Crippen LogP contribution in [-0.4, -0.2) is 103 Å². The average molecular weight is 789 g/mol. The minimum Gasteiger partial charge on any atom is -0.498 e. The zero-order valence-electron chi connectivity index (χ0n) is 34.5. The number of hydrogen-bond acceptors (Lipinski definition) is 9. The molecule has 7 atom stereocenters. The number of carbonyl (C=O) groups is 1. The minimum absolute atomic E-state index is 0.0216. The Morgan fingerprint density at radius 1 is 0.815 bits per heavy atom. The number of aliphatic hydroxyl groups excluding tert-OH is 3. The van der Waals surface area contributed by atoms with Crippen LogP contribution >= 0.6 is 7.82 Å². The van der Waals surface area contributed by atoms with Gasteiger partial charge < -0.3 is 34.2 Å². The smallest absolute Gasteiger partial charge is 0.472 e. The van der Waals surface area contributed by atoms with Crippen molar-refractivity contribution in [2.24, 2.45) is 11.8 Å². The van der Waals surface area contributed by atoms with Gasteiger partial charge in [0.2, 0.25) is 0 Å². The van der Waals surface area contributed by atoms with Crippen molar-refractivity contribution in [3.63, 3.8) is 0 Å². The molecule has 54 heavy (non-hydrogen) atoms. The molecule has 0 bridgehead atoms. The third kappa shape index (κ3) is 27.1. The van der Waals surface area contributed by atoms with Crippen LogP contribution in [0.25, 0.3) is 0 Å². The van der Waals surface area contributed by atoms with Crippen molar-refractivity contribution in [1.82, 2.24) is 0 Å². The summed E-state index contributed by atoms with van der Waals surface area (Å²) in [5, 5.41) is 31.4. The third-order valence-electron chi connectivity index (χ3n) is 9.87. The Hall–Kier alpha value is -1.56. The van der Waals surface area contributed by atoms with E-state index in [9.17, 15) is 29.6 Å². The Balaban J connectivity index is 2.57. The molecule has 0 aromatic carbocycles. The Morgan fingerprint density at radius 3 is 2.06 bits per heavy atom. The third-order valence-corrected chi connectivity index (χ3v) is 10.9. The van der Waals surface area contributed by atoms with E-state index in [1.807, 2.05) is 33.3 Å². The summed E-state index contributed by atoms with van der Waals surface area (Å²) >= 11 is 0. The van der Waals surface area contributed by atoms with Crippen LogP contribution < -0.4 is 0 Å². The van der Waals surface area contributed by atoms with Crippen LogP contribution in [-0.2, 0) is 27.9 Å². The Labute approximate surface area is 328 Å². The summed E-state index contributed by atoms with van der Waals surface area (Å²) in [5.41, 5.74) is 0. The summed E-state index contributed by atoms with van der Waals surface area (Å²) in [6, 6.07) is 0. The van der Waals surface area contributed by atoms with E-state index in [0.717, 1.165) is 32.1 Å². The molecule has 0 aromatic heterocycles. The maximum absolute atomic E-state index is 12.8. The van der Waals surface area contributed by atoms with Gasteiger partial charge in [-0.15, -0.1) is 0 Å². The molecule has 0 spiro atoms. The number of carbonyl (C=O) groups excluding carboxylic acids is 1. The quantitative estimate of drug-likeness (QED) is 0.0125. The zero-order valence-corrected chi connectivity index (χ0v) is 35.4. The molecule has 0 aliphatic heterocycles. The van der Waals surface area contributed by atoms with Gasteiger partial charge in [0.25, 0.3) is 0 Å². The van der Waals surface area contributed by atoms with Gasteiger partial charge in [-0.05, 0) is 37.7 Å². The number of phosphoric ester groups is 1. The lowest BCUT2D eigenvalue weighted by atomic mass is 9.89. The van der Waals surface area contributed by atoms with Crippen molar-refractivity contribution in [3.8, 4) is 0 Å². The van der Waals surface area contributed by atoms with Gasteiger partial charge in [-0.25, -0.2) is 4.57 Å². The highest BCUT2D eigenvalue weighted by molar-refractivity contribution is 7.47. The first-order chi connectivity index (χ1) is 25.8. The van der Waals surface area contributed by atoms with Crippen molar-refractivity contribution >= 4 is 13.8 Å². The largest absolute Gasteiger partial charge is 0.498 e. The van der Waals surface area contributed by atoms with Crippen molar-refractivity contribution in [2.45, 2.75) is 167 Å². The molecule has 316 valence electrons. The normalized spacial score (nSPS) is 21.6. The molecule has 1 rings (SSSR count). The standard InChI is InChI=1S/C42H78NO10P/c1-6-8-10-11-12-13-14-15-16-17-18-19-20-24-31-50-34-37(35-52-54(48,49)51-32-30-43(3,4)5)53-42(47)27-23-22-26-38-39(41(46)33-40(38)45)29-28-36(44)25-21-9-7-2/h22-24,28-29,31,36-41,44-46H,6-21,25-27,30,32-35H2,1-5H3/p+1/b23-22-,29-28+,31-24+/t36-,37-,38+,39-,40+,41-/m1/s1. The van der Waals surface area contributed by atoms with Crippen LogP contribution in [0, 0.1) is 11.8 Å². The number of likely N-dealkylation sites (N-methyl/N-ethyl adjacent to an activating group) is 1. The SMILES string of the molecule is CCCCCCCCCCCCCC/C=C/OC[C@H](COP(=O)(O)OCC[N+](C)(C)C)OC(=O)C/C=C\C[C@H]1[C@@H](/C=C/[C@H](O)CCCCC)[C@H](O)C[C@@H]1O. The maximum Gasteiger partial charge on any atom is 0.472 e. The van der Waals surface area contributed by atoms with Gasteiger partial charge in [0.1, 0.15) is 19.8 Å². The molecule has 0 amide bonds. The van der Waals surface area contributed by atoms with Gasteiger partial charge in [-0.3, -0.25) is 13.8 Å². The molecular formula is C42H79NO10P+. The number of ether oxygens (including phenoxy) is 2. The molecule has 0 radical (unpaired) electrons. The molecule has 0 heterocycles. The molecule has 1 aliphatic carbocycles. The Kier molecular flexibility index (Phi) is 28.6. The number of nitrogens with zero attached hydrogens (tertiary/aromatic N) is 1. The fraction of sp³-hybridized carbons (Fsp3) is 0.833. The Morgan fingerprint density at radius 2 is 1.43 bits per heavy atom. The van der Waals surface area contributed by atoms with Crippen LogP contribution in [0.5, 0.6) is 0 Å². The number of quaternary nitrogens is 1. The summed E-state index contributed by atoms with van der Waals surface area (Å²) in [4.78, 5) is 23.0. The first-order valence-corrected chi connectivity index (χ1v) is 22.5. The van der Waals surface area contributed by atoms with E-state index in [1.54, 1.807) is 24.5 Å². The first kappa shape index (κ1) is 50.5. The zero-order chi connectivity index (χ0) is 40.1. The highest BCUT2D eigenvalue weighted by Crippen LogP contribution is 2.43. The molecule has 0 aromatic rings. The molecule has 1 unspecified atom stereocenters. The lowest BCUT2D eigenvalue weighted by molar-refractivity contribution is -0.870. The van der Waals surface area contributed by atoms with Gasteiger partial charge >= 0.3 is 13.8 Å². The lowest BCUT2D eigenvalue weighted by Gasteiger charge is -2.24. The van der Waals surface area contributed by atoms with Crippen LogP contribution in [0.15, 0.2) is 36.6 Å². The second-order valence-electron chi connectivity index (χ2n) is 16.1. The molecule has 0 saturated heterocycles. The van der Waals surface area contributed by atoms with Gasteiger partial charge in [-0.2, -0.15) is 0 Å². The minimum atomic E-state index is -4.38. The molecule has 11 nitrogen and oxygen atoms in total. The van der Waals surface area contributed by atoms with E-state index in [-0.39, 0.29) is 44.5 Å². The molecule has 4 N–H and O–H groups in total. The first-order valence-electron chi connectivity index (χ1n) is 21.0. The van der Waals surface area contributed by atoms with Gasteiger partial charge in [-0.1, -0.05) is 128 Å². The van der Waals surface area contributed by atoms with E-state index < -0.39 is 38.2 Å². The fourth-order valence-corrected chi connectivity index (χ4v) is 7.23. The van der Waals surface area contributed by atoms with E-state index in [2.05, 4.69) is 13.8 Å². The van der Waals surface area contributed by atoms with Crippen LogP contribution in [0.4, 0.5) is 0 Å².